The van der Waals surface area contributed by atoms with E-state index in [1.807, 2.05) is 6.92 Å². The molecule has 0 spiro atoms. The number of aryl methyl sites for hydroxylation is 2. The summed E-state index contributed by atoms with van der Waals surface area (Å²) in [6.07, 6.45) is 0. The molecule has 0 aliphatic heterocycles. The number of halogens is 1. The second-order valence-electron chi connectivity index (χ2n) is 5.16. The highest BCUT2D eigenvalue weighted by atomic mass is 35.5. The summed E-state index contributed by atoms with van der Waals surface area (Å²) in [5.74, 6) is 0.502. The fourth-order valence-corrected chi connectivity index (χ4v) is 4.08. The average Bonchev–Trinajstić information content (AvgIpc) is 2.90. The quantitative estimate of drug-likeness (QED) is 0.725. The molecule has 0 aliphatic rings. The number of fused-ring (bicyclic) bond motifs is 1. The third-order valence-corrected chi connectivity index (χ3v) is 5.53. The van der Waals surface area contributed by atoms with E-state index in [4.69, 9.17) is 16.3 Å². The standard InChI is InChI=1S/C15H14ClN3O3S/c1-9-6-10(2)15(8-14(9)22-3)23(20,21)19-13-5-4-11(16)7-12(13)17-18-19/h4-8H,1-3H3. The van der Waals surface area contributed by atoms with Crippen molar-refractivity contribution in [2.75, 3.05) is 7.11 Å². The van der Waals surface area contributed by atoms with Crippen LogP contribution >= 0.6 is 11.6 Å². The summed E-state index contributed by atoms with van der Waals surface area (Å²) in [6.45, 7) is 3.59. The van der Waals surface area contributed by atoms with Gasteiger partial charge in [0.1, 0.15) is 16.8 Å². The highest BCUT2D eigenvalue weighted by Crippen LogP contribution is 2.28. The third-order valence-electron chi connectivity index (χ3n) is 3.58. The lowest BCUT2D eigenvalue weighted by atomic mass is 10.1. The number of hydrogen-bond donors (Lipinski definition) is 0. The van der Waals surface area contributed by atoms with Gasteiger partial charge in [0.05, 0.1) is 12.0 Å². The zero-order chi connectivity index (χ0) is 16.8. The molecular weight excluding hydrogens is 338 g/mol. The lowest BCUT2D eigenvalue weighted by Crippen LogP contribution is -2.16. The van der Waals surface area contributed by atoms with Crippen molar-refractivity contribution in [2.24, 2.45) is 0 Å². The number of aromatic nitrogens is 3. The Kier molecular flexibility index (Phi) is 3.77. The van der Waals surface area contributed by atoms with Gasteiger partial charge in [0, 0.05) is 11.1 Å². The molecule has 6 nitrogen and oxygen atoms in total. The van der Waals surface area contributed by atoms with Crippen LogP contribution < -0.4 is 4.74 Å². The van der Waals surface area contributed by atoms with Crippen LogP contribution in [0.15, 0.2) is 35.2 Å². The van der Waals surface area contributed by atoms with E-state index in [0.29, 0.717) is 27.4 Å². The van der Waals surface area contributed by atoms with Crippen LogP contribution in [0.2, 0.25) is 5.02 Å². The number of nitrogens with zero attached hydrogens (tertiary/aromatic N) is 3. The predicted octanol–water partition coefficient (Wildman–Crippen LogP) is 2.95. The van der Waals surface area contributed by atoms with Crippen molar-refractivity contribution in [3.8, 4) is 5.75 Å². The minimum Gasteiger partial charge on any atom is -0.496 e. The Morgan fingerprint density at radius 2 is 1.87 bits per heavy atom. The van der Waals surface area contributed by atoms with Crippen LogP contribution in [0, 0.1) is 13.8 Å². The Morgan fingerprint density at radius 3 is 2.57 bits per heavy atom. The Bertz CT molecular complexity index is 1010. The van der Waals surface area contributed by atoms with Crippen LogP contribution in [0.5, 0.6) is 5.75 Å². The minimum absolute atomic E-state index is 0.127. The largest absolute Gasteiger partial charge is 0.496 e. The van der Waals surface area contributed by atoms with Gasteiger partial charge in [0.2, 0.25) is 0 Å². The molecule has 1 aromatic heterocycles. The molecule has 0 atom stereocenters. The summed E-state index contributed by atoms with van der Waals surface area (Å²) in [6, 6.07) is 8.02. The molecule has 120 valence electrons. The molecule has 0 N–H and O–H groups in total. The molecule has 1 heterocycles. The molecule has 0 aliphatic carbocycles. The second-order valence-corrected chi connectivity index (χ2v) is 7.33. The first-order valence-corrected chi connectivity index (χ1v) is 8.58. The Morgan fingerprint density at radius 1 is 1.13 bits per heavy atom. The number of methoxy groups -OCH3 is 1. The second kappa shape index (κ2) is 5.50. The molecular formula is C15H14ClN3O3S. The molecule has 0 bridgehead atoms. The fraction of sp³-hybridized carbons (Fsp3) is 0.200. The van der Waals surface area contributed by atoms with Gasteiger partial charge in [0.15, 0.2) is 0 Å². The van der Waals surface area contributed by atoms with Crippen molar-refractivity contribution in [2.45, 2.75) is 18.7 Å². The van der Waals surface area contributed by atoms with E-state index in [1.54, 1.807) is 31.2 Å². The zero-order valence-electron chi connectivity index (χ0n) is 12.7. The van der Waals surface area contributed by atoms with Crippen molar-refractivity contribution < 1.29 is 13.2 Å². The molecule has 0 saturated heterocycles. The van der Waals surface area contributed by atoms with E-state index in [0.717, 1.165) is 9.65 Å². The Hall–Kier alpha value is -2.12. The van der Waals surface area contributed by atoms with Crippen LogP contribution in [-0.2, 0) is 10.0 Å². The summed E-state index contributed by atoms with van der Waals surface area (Å²) in [5.41, 5.74) is 2.26. The summed E-state index contributed by atoms with van der Waals surface area (Å²) in [7, 11) is -2.39. The van der Waals surface area contributed by atoms with Crippen LogP contribution in [0.4, 0.5) is 0 Å². The van der Waals surface area contributed by atoms with Gasteiger partial charge in [-0.05, 0) is 43.2 Å². The maximum Gasteiger partial charge on any atom is 0.285 e. The van der Waals surface area contributed by atoms with Crippen LogP contribution in [0.25, 0.3) is 11.0 Å². The van der Waals surface area contributed by atoms with Crippen LogP contribution in [-0.4, -0.2) is 29.9 Å². The first-order valence-electron chi connectivity index (χ1n) is 6.76. The number of ether oxygens (including phenoxy) is 1. The Balaban J connectivity index is 2.26. The van der Waals surface area contributed by atoms with Gasteiger partial charge < -0.3 is 4.74 Å². The summed E-state index contributed by atoms with van der Waals surface area (Å²) in [4.78, 5) is 0.127. The number of rotatable bonds is 3. The monoisotopic (exact) mass is 351 g/mol. The van der Waals surface area contributed by atoms with E-state index in [9.17, 15) is 8.42 Å². The Labute approximate surface area is 138 Å². The lowest BCUT2D eigenvalue weighted by Gasteiger charge is -2.12. The first-order chi connectivity index (χ1) is 10.8. The maximum atomic E-state index is 13.0. The van der Waals surface area contributed by atoms with Gasteiger partial charge in [-0.3, -0.25) is 0 Å². The molecule has 3 aromatic rings. The first kappa shape index (κ1) is 15.8. The molecule has 0 fully saturated rings. The van der Waals surface area contributed by atoms with Crippen molar-refractivity contribution in [3.05, 3.63) is 46.5 Å². The van der Waals surface area contributed by atoms with Crippen molar-refractivity contribution in [3.63, 3.8) is 0 Å². The van der Waals surface area contributed by atoms with E-state index >= 15 is 0 Å². The molecule has 8 heteroatoms. The van der Waals surface area contributed by atoms with Crippen molar-refractivity contribution >= 4 is 32.7 Å². The molecule has 23 heavy (non-hydrogen) atoms. The van der Waals surface area contributed by atoms with E-state index in [-0.39, 0.29) is 4.90 Å². The third kappa shape index (κ3) is 2.55. The zero-order valence-corrected chi connectivity index (χ0v) is 14.3. The van der Waals surface area contributed by atoms with Gasteiger partial charge in [-0.1, -0.05) is 22.9 Å². The highest BCUT2D eigenvalue weighted by Gasteiger charge is 2.24. The van der Waals surface area contributed by atoms with Crippen LogP contribution in [0.1, 0.15) is 11.1 Å². The van der Waals surface area contributed by atoms with E-state index < -0.39 is 10.0 Å². The SMILES string of the molecule is COc1cc(S(=O)(=O)n2nnc3cc(Cl)ccc32)c(C)cc1C. The molecule has 0 unspecified atom stereocenters. The molecule has 3 rings (SSSR count). The predicted molar refractivity (Wildman–Crippen MR) is 87.6 cm³/mol. The number of hydrogen-bond acceptors (Lipinski definition) is 5. The van der Waals surface area contributed by atoms with Crippen molar-refractivity contribution in [1.29, 1.82) is 0 Å². The summed E-state index contributed by atoms with van der Waals surface area (Å²) in [5, 5.41) is 8.13. The topological polar surface area (TPSA) is 74.1 Å². The fourth-order valence-electron chi connectivity index (χ4n) is 2.46. The number of benzene rings is 2. The van der Waals surface area contributed by atoms with Gasteiger partial charge in [0.25, 0.3) is 10.0 Å². The van der Waals surface area contributed by atoms with E-state index in [1.165, 1.54) is 13.2 Å². The molecule has 0 saturated carbocycles. The minimum atomic E-state index is -3.90. The smallest absolute Gasteiger partial charge is 0.285 e. The van der Waals surface area contributed by atoms with Gasteiger partial charge in [-0.2, -0.15) is 8.42 Å². The molecule has 0 radical (unpaired) electrons. The highest BCUT2D eigenvalue weighted by molar-refractivity contribution is 7.90. The average molecular weight is 352 g/mol. The normalized spacial score (nSPS) is 11.8. The van der Waals surface area contributed by atoms with E-state index in [2.05, 4.69) is 10.3 Å². The van der Waals surface area contributed by atoms with Gasteiger partial charge in [-0.15, -0.1) is 9.19 Å². The van der Waals surface area contributed by atoms with Gasteiger partial charge in [-0.25, -0.2) is 0 Å². The van der Waals surface area contributed by atoms with Crippen molar-refractivity contribution in [1.82, 2.24) is 14.4 Å². The van der Waals surface area contributed by atoms with Gasteiger partial charge >= 0.3 is 0 Å². The maximum absolute atomic E-state index is 13.0. The van der Waals surface area contributed by atoms with Crippen LogP contribution in [0.3, 0.4) is 0 Å². The molecule has 0 amide bonds. The lowest BCUT2D eigenvalue weighted by molar-refractivity contribution is 0.410. The summed E-state index contributed by atoms with van der Waals surface area (Å²) < 4.78 is 32.1. The molecule has 2 aromatic carbocycles. The summed E-state index contributed by atoms with van der Waals surface area (Å²) >= 11 is 5.90.